The summed E-state index contributed by atoms with van der Waals surface area (Å²) in [5.41, 5.74) is 8.73. The molecule has 0 spiro atoms. The van der Waals surface area contributed by atoms with E-state index in [2.05, 4.69) is 25.8 Å². The lowest BCUT2D eigenvalue weighted by Gasteiger charge is -2.37. The number of imide groups is 1. The Morgan fingerprint density at radius 2 is 1.84 bits per heavy atom. The minimum atomic E-state index is -0.706. The molecular weight excluding hydrogens is 733 g/mol. The predicted molar refractivity (Wildman–Crippen MR) is 213 cm³/mol. The monoisotopic (exact) mass is 784 g/mol. The Morgan fingerprint density at radius 3 is 2.60 bits per heavy atom. The van der Waals surface area contributed by atoms with Crippen LogP contribution >= 0.6 is 0 Å². The van der Waals surface area contributed by atoms with Crippen molar-refractivity contribution >= 4 is 52.9 Å². The number of fused-ring (bicyclic) bond motifs is 1. The standard InChI is InChI=1S/C40H48N10O7.2H2/c1-47-19-20-49(40(47)56)27-8-4-18-48(23-27)32-22-43-35(36(41)53)37(45-32)44-26-11-13-28(14-12-26)57-21-5-17-42-33(51)10-3-7-25-6-2-9-29-30(25)24-50(39(29)55)31-15-16-34(52)46-38(31)54;;/h2,6,9,11-14,22,27,31H,3-5,7-8,10,15-21,23-24H2,1H3,(H2,41,53)(H,42,51)(H,44,45)(H,46,52,54);2*1H/t27-,31?;;/m1../s1. The second-order valence-corrected chi connectivity index (χ2v) is 14.8. The number of nitrogens with zero attached hydrogens (tertiary/aromatic N) is 6. The maximum absolute atomic E-state index is 13.1. The van der Waals surface area contributed by atoms with Crippen molar-refractivity contribution in [1.82, 2.24) is 35.3 Å². The lowest BCUT2D eigenvalue weighted by atomic mass is 9.98. The number of piperidine rings is 2. The number of nitrogens with two attached hydrogens (primary N) is 1. The molecule has 3 saturated heterocycles. The van der Waals surface area contributed by atoms with E-state index in [1.54, 1.807) is 41.4 Å². The fourth-order valence-corrected chi connectivity index (χ4v) is 7.90. The number of benzene rings is 2. The van der Waals surface area contributed by atoms with Crippen molar-refractivity contribution in [2.75, 3.05) is 56.6 Å². The average molecular weight is 785 g/mol. The number of aryl methyl sites for hydroxylation is 1. The second kappa shape index (κ2) is 17.3. The van der Waals surface area contributed by atoms with Gasteiger partial charge in [-0.3, -0.25) is 29.3 Å². The molecule has 304 valence electrons. The first-order valence-corrected chi connectivity index (χ1v) is 19.5. The van der Waals surface area contributed by atoms with Crippen molar-refractivity contribution < 1.29 is 36.4 Å². The van der Waals surface area contributed by atoms with Crippen LogP contribution in [0.4, 0.5) is 22.1 Å². The third-order valence-electron chi connectivity index (χ3n) is 11.0. The maximum atomic E-state index is 13.1. The van der Waals surface area contributed by atoms with Crippen LogP contribution in [0, 0.1) is 0 Å². The molecule has 5 heterocycles. The first-order valence-electron chi connectivity index (χ1n) is 19.5. The number of urea groups is 1. The summed E-state index contributed by atoms with van der Waals surface area (Å²) in [6, 6.07) is 12.2. The molecule has 3 aromatic rings. The molecule has 0 aliphatic carbocycles. The van der Waals surface area contributed by atoms with Crippen LogP contribution in [-0.4, -0.2) is 119 Å². The molecule has 0 bridgehead atoms. The van der Waals surface area contributed by atoms with Crippen LogP contribution < -0.4 is 31.3 Å². The van der Waals surface area contributed by atoms with Gasteiger partial charge >= 0.3 is 6.03 Å². The molecule has 17 nitrogen and oxygen atoms in total. The number of amides is 7. The molecule has 57 heavy (non-hydrogen) atoms. The Bertz CT molecular complexity index is 2060. The van der Waals surface area contributed by atoms with Gasteiger partial charge in [0.15, 0.2) is 11.5 Å². The number of aromatic nitrogens is 2. The highest BCUT2D eigenvalue weighted by Gasteiger charge is 2.40. The van der Waals surface area contributed by atoms with Crippen LogP contribution in [0.25, 0.3) is 0 Å². The van der Waals surface area contributed by atoms with E-state index in [9.17, 15) is 28.8 Å². The summed E-state index contributed by atoms with van der Waals surface area (Å²) in [6.07, 6.45) is 6.00. The van der Waals surface area contributed by atoms with Crippen LogP contribution in [0.15, 0.2) is 48.7 Å². The molecule has 7 rings (SSSR count). The number of nitrogens with one attached hydrogen (secondary N) is 3. The first kappa shape index (κ1) is 39.0. The molecular formula is C40H52N10O7. The van der Waals surface area contributed by atoms with E-state index in [1.807, 2.05) is 24.1 Å². The van der Waals surface area contributed by atoms with Gasteiger partial charge in [0, 0.05) is 73.3 Å². The molecule has 5 N–H and O–H groups in total. The zero-order valence-electron chi connectivity index (χ0n) is 32.0. The summed E-state index contributed by atoms with van der Waals surface area (Å²) < 4.78 is 5.88. The molecule has 1 unspecified atom stereocenters. The fraction of sp³-hybridized carbons (Fsp3) is 0.450. The van der Waals surface area contributed by atoms with Crippen molar-refractivity contribution in [2.24, 2.45) is 5.73 Å². The highest BCUT2D eigenvalue weighted by atomic mass is 16.5. The molecule has 7 amide bonds. The van der Waals surface area contributed by atoms with E-state index in [4.69, 9.17) is 15.5 Å². The minimum Gasteiger partial charge on any atom is -0.494 e. The number of likely N-dealkylation sites (N-methyl/N-ethyl adjacent to an activating group) is 1. The van der Waals surface area contributed by atoms with Gasteiger partial charge in [0.1, 0.15) is 17.6 Å². The predicted octanol–water partition coefficient (Wildman–Crippen LogP) is 2.82. The Labute approximate surface area is 333 Å². The zero-order valence-corrected chi connectivity index (χ0v) is 32.0. The molecule has 2 aromatic carbocycles. The quantitative estimate of drug-likeness (QED) is 0.130. The Morgan fingerprint density at radius 1 is 1.02 bits per heavy atom. The molecule has 3 fully saturated rings. The van der Waals surface area contributed by atoms with Crippen LogP contribution in [0.1, 0.15) is 79.8 Å². The smallest absolute Gasteiger partial charge is 0.320 e. The van der Waals surface area contributed by atoms with Crippen LogP contribution in [0.3, 0.4) is 0 Å². The van der Waals surface area contributed by atoms with Crippen LogP contribution in [-0.2, 0) is 27.3 Å². The molecule has 0 saturated carbocycles. The zero-order chi connectivity index (χ0) is 40.1. The van der Waals surface area contributed by atoms with Gasteiger partial charge in [0.05, 0.1) is 18.8 Å². The first-order chi connectivity index (χ1) is 27.5. The summed E-state index contributed by atoms with van der Waals surface area (Å²) in [7, 11) is 1.81. The lowest BCUT2D eigenvalue weighted by Crippen LogP contribution is -2.52. The number of primary amides is 1. The van der Waals surface area contributed by atoms with Gasteiger partial charge < -0.3 is 40.7 Å². The summed E-state index contributed by atoms with van der Waals surface area (Å²) in [4.78, 5) is 90.8. The third kappa shape index (κ3) is 8.92. The largest absolute Gasteiger partial charge is 0.494 e. The Kier molecular flexibility index (Phi) is 11.8. The van der Waals surface area contributed by atoms with Crippen LogP contribution in [0.2, 0.25) is 0 Å². The number of hydrogen-bond acceptors (Lipinski definition) is 11. The number of anilines is 3. The normalized spacial score (nSPS) is 19.5. The van der Waals surface area contributed by atoms with E-state index in [0.717, 1.165) is 30.5 Å². The Hall–Kier alpha value is -6.26. The average Bonchev–Trinajstić information content (AvgIpc) is 3.72. The van der Waals surface area contributed by atoms with Gasteiger partial charge in [0.25, 0.3) is 11.8 Å². The lowest BCUT2D eigenvalue weighted by molar-refractivity contribution is -0.137. The molecule has 1 aromatic heterocycles. The molecule has 0 radical (unpaired) electrons. The van der Waals surface area contributed by atoms with Crippen molar-refractivity contribution in [3.05, 3.63) is 71.0 Å². The van der Waals surface area contributed by atoms with E-state index in [1.165, 1.54) is 4.90 Å². The summed E-state index contributed by atoms with van der Waals surface area (Å²) >= 11 is 0. The van der Waals surface area contributed by atoms with Crippen molar-refractivity contribution in [3.63, 3.8) is 0 Å². The van der Waals surface area contributed by atoms with E-state index in [0.29, 0.717) is 94.3 Å². The van der Waals surface area contributed by atoms with Gasteiger partial charge in [-0.1, -0.05) is 12.1 Å². The van der Waals surface area contributed by atoms with Crippen molar-refractivity contribution in [1.29, 1.82) is 0 Å². The van der Waals surface area contributed by atoms with Gasteiger partial charge in [-0.25, -0.2) is 14.8 Å². The van der Waals surface area contributed by atoms with Crippen molar-refractivity contribution in [3.8, 4) is 5.75 Å². The number of rotatable bonds is 15. The number of carbonyl (C=O) groups is 6. The molecule has 4 aliphatic heterocycles. The summed E-state index contributed by atoms with van der Waals surface area (Å²) in [5, 5.41) is 8.43. The highest BCUT2D eigenvalue weighted by molar-refractivity contribution is 6.05. The number of ether oxygens (including phenoxy) is 1. The Balaban J connectivity index is 0.00000331. The SMILES string of the molecule is CN1CCN([C@@H]2CCCN(c3cnc(C(N)=O)c(Nc4ccc(OCCCNC(=O)CCCc5cccc6c5CN(C5CCC(=O)NC5=O)C6=O)cc4)n3)C2)C1=O.[HH].[HH]. The topological polar surface area (TPSA) is 212 Å². The minimum absolute atomic E-state index is 0. The number of hydrogen-bond donors (Lipinski definition) is 4. The van der Waals surface area contributed by atoms with Gasteiger partial charge in [-0.05, 0) is 80.0 Å². The second-order valence-electron chi connectivity index (χ2n) is 14.8. The van der Waals surface area contributed by atoms with E-state index in [-0.39, 0.29) is 50.6 Å². The summed E-state index contributed by atoms with van der Waals surface area (Å²) in [6.45, 7) is 3.93. The molecule has 17 heteroatoms. The van der Waals surface area contributed by atoms with Gasteiger partial charge in [-0.15, -0.1) is 0 Å². The van der Waals surface area contributed by atoms with Crippen molar-refractivity contribution in [2.45, 2.75) is 70.0 Å². The molecule has 2 atom stereocenters. The molecule has 4 aliphatic rings. The van der Waals surface area contributed by atoms with Crippen LogP contribution in [0.5, 0.6) is 5.75 Å². The van der Waals surface area contributed by atoms with E-state index < -0.39 is 17.9 Å². The fourth-order valence-electron chi connectivity index (χ4n) is 7.90. The van der Waals surface area contributed by atoms with Gasteiger partial charge in [0.2, 0.25) is 17.7 Å². The number of carbonyl (C=O) groups excluding carboxylic acids is 6. The van der Waals surface area contributed by atoms with E-state index >= 15 is 0 Å². The highest BCUT2D eigenvalue weighted by Crippen LogP contribution is 2.31. The van der Waals surface area contributed by atoms with Gasteiger partial charge in [-0.2, -0.15) is 0 Å². The third-order valence-corrected chi connectivity index (χ3v) is 11.0. The summed E-state index contributed by atoms with van der Waals surface area (Å²) in [5.74, 6) is -0.283. The maximum Gasteiger partial charge on any atom is 0.320 e.